The van der Waals surface area contributed by atoms with Crippen LogP contribution in [0.5, 0.6) is 11.5 Å². The number of fused-ring (bicyclic) bond motifs is 3. The van der Waals surface area contributed by atoms with Gasteiger partial charge in [0.15, 0.2) is 5.82 Å². The molecule has 0 saturated carbocycles. The van der Waals surface area contributed by atoms with Gasteiger partial charge >= 0.3 is 12.2 Å². The molecule has 0 radical (unpaired) electrons. The van der Waals surface area contributed by atoms with Crippen molar-refractivity contribution in [2.45, 2.75) is 71.3 Å². The van der Waals surface area contributed by atoms with Crippen LogP contribution in [0.4, 0.5) is 25.2 Å². The van der Waals surface area contributed by atoms with Crippen molar-refractivity contribution in [2.24, 2.45) is 0 Å². The number of benzene rings is 3. The van der Waals surface area contributed by atoms with Gasteiger partial charge in [-0.3, -0.25) is 4.90 Å². The number of hydrogen-bond acceptors (Lipinski definition) is 10. The fraction of sp³-hybridized carbons (Fsp3) is 0.364. The summed E-state index contributed by atoms with van der Waals surface area (Å²) < 4.78 is 55.1. The van der Waals surface area contributed by atoms with Crippen molar-refractivity contribution in [3.8, 4) is 22.8 Å². The van der Waals surface area contributed by atoms with E-state index in [4.69, 9.17) is 47.1 Å². The molecule has 2 bridgehead atoms. The van der Waals surface area contributed by atoms with Crippen LogP contribution < -0.4 is 19.3 Å². The van der Waals surface area contributed by atoms with E-state index in [0.717, 1.165) is 24.0 Å². The summed E-state index contributed by atoms with van der Waals surface area (Å²) in [6.07, 6.45) is -0.0556. The van der Waals surface area contributed by atoms with Crippen molar-refractivity contribution in [2.75, 3.05) is 43.7 Å². The summed E-state index contributed by atoms with van der Waals surface area (Å²) in [5, 5.41) is 0.349. The number of aromatic nitrogens is 3. The predicted octanol–water partition coefficient (Wildman–Crippen LogP) is 10.1. The van der Waals surface area contributed by atoms with Gasteiger partial charge in [-0.15, -0.1) is 0 Å². The Morgan fingerprint density at radius 1 is 0.881 bits per heavy atom. The summed E-state index contributed by atoms with van der Waals surface area (Å²) in [5.41, 5.74) is 1.02. The second kappa shape index (κ2) is 17.1. The number of piperazine rings is 1. The normalized spacial score (nSPS) is 16.3. The molecule has 0 aliphatic carbocycles. The predicted molar refractivity (Wildman–Crippen MR) is 226 cm³/mol. The lowest BCUT2D eigenvalue weighted by Gasteiger charge is -2.42. The van der Waals surface area contributed by atoms with Gasteiger partial charge < -0.3 is 28.7 Å². The molecule has 310 valence electrons. The summed E-state index contributed by atoms with van der Waals surface area (Å²) in [5.74, 6) is 1.20. The molecule has 2 fully saturated rings. The molecule has 11 nitrogen and oxygen atoms in total. The van der Waals surface area contributed by atoms with Crippen LogP contribution in [-0.4, -0.2) is 77.5 Å². The van der Waals surface area contributed by atoms with E-state index in [0.29, 0.717) is 43.5 Å². The monoisotopic (exact) mass is 846 g/mol. The lowest BCUT2D eigenvalue weighted by molar-refractivity contribution is 0.0122. The molecule has 5 aromatic rings. The minimum Gasteiger partial charge on any atom is -0.497 e. The van der Waals surface area contributed by atoms with Crippen LogP contribution in [0.15, 0.2) is 67.2 Å². The molecule has 0 spiro atoms. The molecule has 2 aromatic heterocycles. The van der Waals surface area contributed by atoms with Crippen molar-refractivity contribution >= 4 is 57.6 Å². The van der Waals surface area contributed by atoms with Gasteiger partial charge in [-0.05, 0) is 82.0 Å². The van der Waals surface area contributed by atoms with Crippen LogP contribution in [0.3, 0.4) is 0 Å². The average molecular weight is 848 g/mol. The third kappa shape index (κ3) is 8.82. The molecular formula is C44H46Cl2F2N6O5. The summed E-state index contributed by atoms with van der Waals surface area (Å²) in [4.78, 5) is 31.9. The number of methoxy groups -OCH3 is 2. The number of nitrogens with zero attached hydrogens (tertiary/aromatic N) is 6. The first-order chi connectivity index (χ1) is 28.2. The summed E-state index contributed by atoms with van der Waals surface area (Å²) >= 11 is 14.2. The molecule has 7 rings (SSSR count). The van der Waals surface area contributed by atoms with Crippen LogP contribution in [0.25, 0.3) is 27.9 Å². The van der Waals surface area contributed by atoms with Gasteiger partial charge in [0.2, 0.25) is 0 Å². The zero-order valence-electron chi connectivity index (χ0n) is 33.8. The van der Waals surface area contributed by atoms with E-state index in [1.165, 1.54) is 6.07 Å². The zero-order valence-corrected chi connectivity index (χ0v) is 35.3. The van der Waals surface area contributed by atoms with Crippen molar-refractivity contribution in [1.29, 1.82) is 0 Å². The Morgan fingerprint density at radius 2 is 1.46 bits per heavy atom. The molecule has 2 unspecified atom stereocenters. The largest absolute Gasteiger partial charge is 0.497 e. The number of ether oxygens (including phenoxy) is 4. The standard InChI is InChI=1S/C44H46Cl2F2N6O5/c1-8-58-25(2)36-34(46)20-35(52(21-26-9-15-30(56-6)16-10-26)22-27-11-17-31(57-7)18-12-27)49-40(36)37-33(45)19-32-39(38(37)47)50-42(48)51-41(32)53-23-28-13-14-29(24-53)54(28)43(55)59-44(3,4)5/h9-12,15-20,28-29H,2,8,13-14,21-24H2,1,3-7H3. The van der Waals surface area contributed by atoms with Gasteiger partial charge in [-0.2, -0.15) is 14.4 Å². The molecule has 4 heterocycles. The zero-order chi connectivity index (χ0) is 42.2. The number of rotatable bonds is 12. The van der Waals surface area contributed by atoms with E-state index >= 15 is 8.78 Å². The van der Waals surface area contributed by atoms with Crippen molar-refractivity contribution in [3.63, 3.8) is 0 Å². The molecule has 59 heavy (non-hydrogen) atoms. The first kappa shape index (κ1) is 41.7. The van der Waals surface area contributed by atoms with E-state index in [-0.39, 0.29) is 68.0 Å². The Bertz CT molecular complexity index is 2310. The summed E-state index contributed by atoms with van der Waals surface area (Å²) in [7, 11) is 3.21. The van der Waals surface area contributed by atoms with E-state index in [2.05, 4.69) is 16.5 Å². The fourth-order valence-electron chi connectivity index (χ4n) is 7.78. The van der Waals surface area contributed by atoms with Crippen LogP contribution in [-0.2, 0) is 22.6 Å². The highest BCUT2D eigenvalue weighted by Crippen LogP contribution is 2.44. The van der Waals surface area contributed by atoms with Crippen molar-refractivity contribution < 1.29 is 32.5 Å². The van der Waals surface area contributed by atoms with Crippen LogP contribution >= 0.6 is 23.2 Å². The van der Waals surface area contributed by atoms with E-state index in [9.17, 15) is 4.79 Å². The molecule has 1 amide bonds. The van der Waals surface area contributed by atoms with Gasteiger partial charge in [-0.1, -0.05) is 54.0 Å². The maximum atomic E-state index is 17.3. The Hall–Kier alpha value is -5.40. The minimum atomic E-state index is -1.12. The first-order valence-electron chi connectivity index (χ1n) is 19.3. The highest BCUT2D eigenvalue weighted by atomic mass is 35.5. The second-order valence-corrected chi connectivity index (χ2v) is 16.3. The highest BCUT2D eigenvalue weighted by Gasteiger charge is 2.45. The molecule has 0 N–H and O–H groups in total. The molecule has 2 aliphatic rings. The number of hydrogen-bond donors (Lipinski definition) is 0. The summed E-state index contributed by atoms with van der Waals surface area (Å²) in [6.45, 7) is 13.0. The van der Waals surface area contributed by atoms with Crippen LogP contribution in [0, 0.1) is 11.9 Å². The average Bonchev–Trinajstić information content (AvgIpc) is 3.46. The number of amides is 1. The Kier molecular flexibility index (Phi) is 12.1. The molecular weight excluding hydrogens is 801 g/mol. The molecule has 2 aliphatic heterocycles. The van der Waals surface area contributed by atoms with E-state index in [1.54, 1.807) is 32.1 Å². The van der Waals surface area contributed by atoms with Gasteiger partial charge in [0, 0.05) is 37.6 Å². The van der Waals surface area contributed by atoms with Gasteiger partial charge in [0.25, 0.3) is 0 Å². The number of carbonyl (C=O) groups is 1. The number of carbonyl (C=O) groups excluding carboxylic acids is 1. The molecule has 2 saturated heterocycles. The van der Waals surface area contributed by atoms with Gasteiger partial charge in [0.1, 0.15) is 40.0 Å². The van der Waals surface area contributed by atoms with Gasteiger partial charge in [0.05, 0.1) is 59.8 Å². The minimum absolute atomic E-state index is 0.0365. The fourth-order valence-corrected chi connectivity index (χ4v) is 8.35. The molecule has 2 atom stereocenters. The SMILES string of the molecule is C=C(OCC)c1c(Cl)cc(N(Cc2ccc(OC)cc2)Cc2ccc(OC)cc2)nc1-c1c(Cl)cc2c(N3CC4CCC(C3)N4C(=O)OC(C)(C)C)nc(F)nc2c1F. The quantitative estimate of drug-likeness (QED) is 0.0891. The maximum Gasteiger partial charge on any atom is 0.410 e. The first-order valence-corrected chi connectivity index (χ1v) is 20.1. The Balaban J connectivity index is 1.33. The third-order valence-electron chi connectivity index (χ3n) is 10.4. The Morgan fingerprint density at radius 3 is 1.98 bits per heavy atom. The van der Waals surface area contributed by atoms with E-state index < -0.39 is 23.6 Å². The lowest BCUT2D eigenvalue weighted by atomic mass is 10.0. The van der Waals surface area contributed by atoms with Gasteiger partial charge in [-0.25, -0.2) is 14.2 Å². The molecule has 3 aromatic carbocycles. The molecule has 15 heteroatoms. The lowest BCUT2D eigenvalue weighted by Crippen LogP contribution is -2.57. The van der Waals surface area contributed by atoms with Crippen LogP contribution in [0.2, 0.25) is 10.0 Å². The highest BCUT2D eigenvalue weighted by molar-refractivity contribution is 6.35. The van der Waals surface area contributed by atoms with E-state index in [1.807, 2.05) is 79.1 Å². The summed E-state index contributed by atoms with van der Waals surface area (Å²) in [6, 6.07) is 18.0. The smallest absolute Gasteiger partial charge is 0.410 e. The third-order valence-corrected chi connectivity index (χ3v) is 11.0. The Labute approximate surface area is 352 Å². The van der Waals surface area contributed by atoms with Crippen molar-refractivity contribution in [3.05, 3.63) is 106 Å². The second-order valence-electron chi connectivity index (χ2n) is 15.5. The number of halogens is 4. The van der Waals surface area contributed by atoms with Crippen LogP contribution in [0.1, 0.15) is 57.2 Å². The number of anilines is 2. The number of pyridine rings is 1. The topological polar surface area (TPSA) is 102 Å². The maximum absolute atomic E-state index is 17.3. The van der Waals surface area contributed by atoms with Crippen molar-refractivity contribution in [1.82, 2.24) is 19.9 Å².